The lowest BCUT2D eigenvalue weighted by molar-refractivity contribution is 0.354. The molecule has 3 aromatic rings. The first kappa shape index (κ1) is 21.0. The number of nitrogens with zero attached hydrogens (tertiary/aromatic N) is 2. The van der Waals surface area contributed by atoms with Gasteiger partial charge in [-0.3, -0.25) is 4.68 Å². The Morgan fingerprint density at radius 2 is 1.83 bits per heavy atom. The van der Waals surface area contributed by atoms with Crippen LogP contribution in [-0.4, -0.2) is 29.1 Å². The SMILES string of the molecule is COc1ccc(Cn2nc(C)c(NC(=S)Nc3cccc(Cl)c3)c2C)cc1OC. The molecule has 2 N–H and O–H groups in total. The van der Waals surface area contributed by atoms with E-state index in [9.17, 15) is 0 Å². The molecule has 2 aromatic carbocycles. The molecule has 0 saturated carbocycles. The Hall–Kier alpha value is -2.77. The topological polar surface area (TPSA) is 60.3 Å². The first-order chi connectivity index (χ1) is 13.9. The van der Waals surface area contributed by atoms with Gasteiger partial charge in [-0.2, -0.15) is 5.10 Å². The monoisotopic (exact) mass is 430 g/mol. The molecule has 0 unspecified atom stereocenters. The number of methoxy groups -OCH3 is 2. The summed E-state index contributed by atoms with van der Waals surface area (Å²) in [5.74, 6) is 1.39. The van der Waals surface area contributed by atoms with Gasteiger partial charge in [-0.1, -0.05) is 23.7 Å². The van der Waals surface area contributed by atoms with Crippen LogP contribution in [0.2, 0.25) is 5.02 Å². The van der Waals surface area contributed by atoms with Gasteiger partial charge in [-0.15, -0.1) is 0 Å². The van der Waals surface area contributed by atoms with Crippen molar-refractivity contribution in [2.75, 3.05) is 24.9 Å². The molecule has 0 bridgehead atoms. The number of rotatable bonds is 6. The number of thiocarbonyl (C=S) groups is 1. The molecule has 0 fully saturated rings. The molecule has 0 aliphatic rings. The number of benzene rings is 2. The number of hydrogen-bond acceptors (Lipinski definition) is 4. The third-order valence-corrected chi connectivity index (χ3v) is 4.92. The van der Waals surface area contributed by atoms with E-state index >= 15 is 0 Å². The molecule has 0 saturated heterocycles. The van der Waals surface area contributed by atoms with E-state index in [-0.39, 0.29) is 0 Å². The highest BCUT2D eigenvalue weighted by Crippen LogP contribution is 2.28. The van der Waals surface area contributed by atoms with Crippen LogP contribution in [0.3, 0.4) is 0 Å². The summed E-state index contributed by atoms with van der Waals surface area (Å²) in [6, 6.07) is 13.2. The standard InChI is InChI=1S/C21H23ClN4O2S/c1-13-20(24-21(29)23-17-7-5-6-16(22)11-17)14(2)26(25-13)12-15-8-9-18(27-3)19(10-15)28-4/h5-11H,12H2,1-4H3,(H2,23,24,29). The summed E-state index contributed by atoms with van der Waals surface area (Å²) in [6.45, 7) is 4.55. The lowest BCUT2D eigenvalue weighted by atomic mass is 10.2. The third kappa shape index (κ3) is 4.99. The molecule has 0 spiro atoms. The number of halogens is 1. The average molecular weight is 431 g/mol. The fraction of sp³-hybridized carbons (Fsp3) is 0.238. The molecule has 6 nitrogen and oxygen atoms in total. The molecule has 1 aromatic heterocycles. The molecule has 0 radical (unpaired) electrons. The maximum absolute atomic E-state index is 6.03. The van der Waals surface area contributed by atoms with E-state index in [0.717, 1.165) is 28.3 Å². The zero-order chi connectivity index (χ0) is 21.0. The minimum absolute atomic E-state index is 0.476. The highest BCUT2D eigenvalue weighted by molar-refractivity contribution is 7.80. The molecule has 0 aliphatic carbocycles. The smallest absolute Gasteiger partial charge is 0.175 e. The molecule has 152 valence electrons. The Labute approximate surface area is 180 Å². The molecule has 3 rings (SSSR count). The van der Waals surface area contributed by atoms with Gasteiger partial charge in [-0.05, 0) is 62.0 Å². The van der Waals surface area contributed by atoms with Crippen molar-refractivity contribution in [1.29, 1.82) is 0 Å². The summed E-state index contributed by atoms with van der Waals surface area (Å²) in [7, 11) is 3.25. The fourth-order valence-corrected chi connectivity index (χ4v) is 3.44. The third-order valence-electron chi connectivity index (χ3n) is 4.48. The maximum Gasteiger partial charge on any atom is 0.175 e. The molecule has 1 heterocycles. The minimum atomic E-state index is 0.476. The van der Waals surface area contributed by atoms with Gasteiger partial charge in [0.25, 0.3) is 0 Å². The molecule has 0 atom stereocenters. The predicted molar refractivity (Wildman–Crippen MR) is 122 cm³/mol. The second kappa shape index (κ2) is 9.15. The number of anilines is 2. The van der Waals surface area contributed by atoms with Gasteiger partial charge in [0.1, 0.15) is 0 Å². The number of aryl methyl sites for hydroxylation is 1. The highest BCUT2D eigenvalue weighted by Gasteiger charge is 2.14. The largest absolute Gasteiger partial charge is 0.493 e. The van der Waals surface area contributed by atoms with E-state index in [2.05, 4.69) is 15.7 Å². The van der Waals surface area contributed by atoms with Crippen molar-refractivity contribution in [2.45, 2.75) is 20.4 Å². The van der Waals surface area contributed by atoms with E-state index in [4.69, 9.17) is 33.3 Å². The van der Waals surface area contributed by atoms with Crippen molar-refractivity contribution in [3.63, 3.8) is 0 Å². The Bertz CT molecular complexity index is 1040. The van der Waals surface area contributed by atoms with Crippen LogP contribution in [0.1, 0.15) is 17.0 Å². The van der Waals surface area contributed by atoms with E-state index < -0.39 is 0 Å². The Morgan fingerprint density at radius 1 is 1.07 bits per heavy atom. The lowest BCUT2D eigenvalue weighted by Crippen LogP contribution is -2.20. The van der Waals surface area contributed by atoms with Crippen molar-refractivity contribution in [3.05, 3.63) is 64.4 Å². The maximum atomic E-state index is 6.03. The zero-order valence-corrected chi connectivity index (χ0v) is 18.3. The zero-order valence-electron chi connectivity index (χ0n) is 16.7. The van der Waals surface area contributed by atoms with E-state index in [1.165, 1.54) is 0 Å². The van der Waals surface area contributed by atoms with E-state index in [1.807, 2.05) is 61.0 Å². The number of ether oxygens (including phenoxy) is 2. The molecule has 29 heavy (non-hydrogen) atoms. The van der Waals surface area contributed by atoms with Gasteiger partial charge in [0.05, 0.1) is 37.8 Å². The van der Waals surface area contributed by atoms with E-state index in [0.29, 0.717) is 28.2 Å². The van der Waals surface area contributed by atoms with Crippen molar-refractivity contribution in [2.24, 2.45) is 0 Å². The van der Waals surface area contributed by atoms with Gasteiger partial charge in [0, 0.05) is 10.7 Å². The summed E-state index contributed by atoms with van der Waals surface area (Å²) < 4.78 is 12.6. The van der Waals surface area contributed by atoms with Crippen LogP contribution in [0.5, 0.6) is 11.5 Å². The summed E-state index contributed by atoms with van der Waals surface area (Å²) in [5.41, 5.74) is 4.60. The highest BCUT2D eigenvalue weighted by atomic mass is 35.5. The average Bonchev–Trinajstić information content (AvgIpc) is 2.95. The predicted octanol–water partition coefficient (Wildman–Crippen LogP) is 5.03. The van der Waals surface area contributed by atoms with Gasteiger partial charge in [0.15, 0.2) is 16.6 Å². The molecule has 8 heteroatoms. The quantitative estimate of drug-likeness (QED) is 0.535. The molecular weight excluding hydrogens is 408 g/mol. The van der Waals surface area contributed by atoms with Gasteiger partial charge in [0.2, 0.25) is 0 Å². The normalized spacial score (nSPS) is 10.5. The van der Waals surface area contributed by atoms with Gasteiger partial charge < -0.3 is 20.1 Å². The second-order valence-corrected chi connectivity index (χ2v) is 7.33. The Balaban J connectivity index is 1.75. The Kier molecular flexibility index (Phi) is 6.61. The summed E-state index contributed by atoms with van der Waals surface area (Å²) >= 11 is 11.5. The summed E-state index contributed by atoms with van der Waals surface area (Å²) in [5, 5.41) is 12.2. The summed E-state index contributed by atoms with van der Waals surface area (Å²) in [6.07, 6.45) is 0. The van der Waals surface area contributed by atoms with Crippen LogP contribution in [0.25, 0.3) is 0 Å². The Morgan fingerprint density at radius 3 is 2.52 bits per heavy atom. The van der Waals surface area contributed by atoms with E-state index in [1.54, 1.807) is 14.2 Å². The van der Waals surface area contributed by atoms with Crippen molar-refractivity contribution >= 4 is 40.3 Å². The van der Waals surface area contributed by atoms with Crippen molar-refractivity contribution < 1.29 is 9.47 Å². The van der Waals surface area contributed by atoms with Crippen LogP contribution in [0, 0.1) is 13.8 Å². The van der Waals surface area contributed by atoms with Crippen LogP contribution in [-0.2, 0) is 6.54 Å². The lowest BCUT2D eigenvalue weighted by Gasteiger charge is -2.12. The number of nitrogens with one attached hydrogen (secondary N) is 2. The second-order valence-electron chi connectivity index (χ2n) is 6.48. The summed E-state index contributed by atoms with van der Waals surface area (Å²) in [4.78, 5) is 0. The van der Waals surface area contributed by atoms with Gasteiger partial charge in [-0.25, -0.2) is 0 Å². The number of aromatic nitrogens is 2. The number of hydrogen-bond donors (Lipinski definition) is 2. The molecule has 0 aliphatic heterocycles. The molecular formula is C21H23ClN4O2S. The first-order valence-corrected chi connectivity index (χ1v) is 9.78. The van der Waals surface area contributed by atoms with Crippen LogP contribution in [0.15, 0.2) is 42.5 Å². The first-order valence-electron chi connectivity index (χ1n) is 8.99. The minimum Gasteiger partial charge on any atom is -0.493 e. The molecule has 0 amide bonds. The van der Waals surface area contributed by atoms with Crippen LogP contribution < -0.4 is 20.1 Å². The fourth-order valence-electron chi connectivity index (χ4n) is 3.03. The van der Waals surface area contributed by atoms with Crippen LogP contribution >= 0.6 is 23.8 Å². The van der Waals surface area contributed by atoms with Crippen molar-refractivity contribution in [3.8, 4) is 11.5 Å². The van der Waals surface area contributed by atoms with Crippen LogP contribution in [0.4, 0.5) is 11.4 Å². The van der Waals surface area contributed by atoms with Gasteiger partial charge >= 0.3 is 0 Å². The van der Waals surface area contributed by atoms with Crippen molar-refractivity contribution in [1.82, 2.24) is 9.78 Å².